The van der Waals surface area contributed by atoms with Crippen LogP contribution in [-0.2, 0) is 15.9 Å². The van der Waals surface area contributed by atoms with E-state index in [9.17, 15) is 9.90 Å². The molecule has 2 unspecified atom stereocenters. The van der Waals surface area contributed by atoms with Crippen LogP contribution in [0.25, 0.3) is 0 Å². The van der Waals surface area contributed by atoms with Crippen LogP contribution in [0, 0.1) is 0 Å². The number of nitrogens with zero attached hydrogens (tertiary/aromatic N) is 1. The van der Waals surface area contributed by atoms with Crippen molar-refractivity contribution in [2.75, 3.05) is 53.2 Å². The van der Waals surface area contributed by atoms with Crippen molar-refractivity contribution in [3.63, 3.8) is 0 Å². The highest BCUT2D eigenvalue weighted by atomic mass is 16.5. The van der Waals surface area contributed by atoms with E-state index in [1.54, 1.807) is 7.11 Å². The number of rotatable bonds is 12. The van der Waals surface area contributed by atoms with E-state index in [1.165, 1.54) is 4.90 Å². The van der Waals surface area contributed by atoms with Gasteiger partial charge in [0.1, 0.15) is 18.1 Å². The van der Waals surface area contributed by atoms with Gasteiger partial charge in [0.15, 0.2) is 0 Å². The zero-order valence-corrected chi connectivity index (χ0v) is 19.0. The third kappa shape index (κ3) is 7.35. The standard InChI is InChI=1S/C25H33NO7/c1-30-23-5-3-2-4-20(23)11-14-31-16-17-32-21-8-6-19(7-9-21)22-10-12-26(25(28)29)18-24(22)33-15-13-27/h2-9,22,24,27H,10-18H2,1H3,(H,28,29). The van der Waals surface area contributed by atoms with Gasteiger partial charge in [-0.2, -0.15) is 0 Å². The molecular formula is C25H33NO7. The Bertz CT molecular complexity index is 858. The van der Waals surface area contributed by atoms with Gasteiger partial charge < -0.3 is 34.1 Å². The van der Waals surface area contributed by atoms with Crippen LogP contribution in [0.15, 0.2) is 48.5 Å². The van der Waals surface area contributed by atoms with E-state index in [2.05, 4.69) is 0 Å². The second-order valence-corrected chi connectivity index (χ2v) is 7.85. The lowest BCUT2D eigenvalue weighted by atomic mass is 9.87. The maximum Gasteiger partial charge on any atom is 0.407 e. The van der Waals surface area contributed by atoms with Crippen LogP contribution in [0.4, 0.5) is 4.79 Å². The number of carboxylic acid groups (broad SMARTS) is 1. The van der Waals surface area contributed by atoms with E-state index in [0.717, 1.165) is 29.0 Å². The van der Waals surface area contributed by atoms with Crippen molar-refractivity contribution in [3.8, 4) is 11.5 Å². The summed E-state index contributed by atoms with van der Waals surface area (Å²) in [6.45, 7) is 2.38. The average Bonchev–Trinajstić information content (AvgIpc) is 2.85. The minimum Gasteiger partial charge on any atom is -0.496 e. The normalized spacial score (nSPS) is 18.2. The van der Waals surface area contributed by atoms with Gasteiger partial charge in [0.25, 0.3) is 0 Å². The number of carbonyl (C=O) groups is 1. The van der Waals surface area contributed by atoms with Crippen LogP contribution >= 0.6 is 0 Å². The van der Waals surface area contributed by atoms with Crippen molar-refractivity contribution in [2.24, 2.45) is 0 Å². The van der Waals surface area contributed by atoms with Gasteiger partial charge in [-0.15, -0.1) is 0 Å². The van der Waals surface area contributed by atoms with Crippen molar-refractivity contribution in [3.05, 3.63) is 59.7 Å². The summed E-state index contributed by atoms with van der Waals surface area (Å²) in [6, 6.07) is 15.7. The lowest BCUT2D eigenvalue weighted by molar-refractivity contribution is -0.0234. The Morgan fingerprint density at radius 1 is 1.06 bits per heavy atom. The second kappa shape index (κ2) is 13.0. The monoisotopic (exact) mass is 459 g/mol. The number of piperidine rings is 1. The molecule has 8 nitrogen and oxygen atoms in total. The fraction of sp³-hybridized carbons (Fsp3) is 0.480. The lowest BCUT2D eigenvalue weighted by Gasteiger charge is -2.37. The van der Waals surface area contributed by atoms with Crippen LogP contribution in [0.2, 0.25) is 0 Å². The highest BCUT2D eigenvalue weighted by Gasteiger charge is 2.33. The first-order chi connectivity index (χ1) is 16.1. The van der Waals surface area contributed by atoms with Gasteiger partial charge in [-0.25, -0.2) is 4.79 Å². The molecule has 33 heavy (non-hydrogen) atoms. The lowest BCUT2D eigenvalue weighted by Crippen LogP contribution is -2.46. The van der Waals surface area contributed by atoms with Crippen LogP contribution in [0.5, 0.6) is 11.5 Å². The van der Waals surface area contributed by atoms with Crippen molar-refractivity contribution in [1.29, 1.82) is 0 Å². The Morgan fingerprint density at radius 3 is 2.58 bits per heavy atom. The fourth-order valence-corrected chi connectivity index (χ4v) is 4.07. The maximum atomic E-state index is 11.3. The molecule has 180 valence electrons. The molecule has 0 radical (unpaired) electrons. The molecule has 0 aromatic heterocycles. The van der Waals surface area contributed by atoms with Gasteiger partial charge in [0.2, 0.25) is 0 Å². The van der Waals surface area contributed by atoms with Crippen LogP contribution in [0.1, 0.15) is 23.5 Å². The number of ether oxygens (including phenoxy) is 4. The molecular weight excluding hydrogens is 426 g/mol. The number of hydrogen-bond acceptors (Lipinski definition) is 6. The fourth-order valence-electron chi connectivity index (χ4n) is 4.07. The molecule has 1 amide bonds. The first kappa shape index (κ1) is 24.8. The number of aliphatic hydroxyl groups excluding tert-OH is 1. The Hall–Kier alpha value is -2.81. The van der Waals surface area contributed by atoms with Crippen molar-refractivity contribution in [2.45, 2.75) is 24.9 Å². The molecule has 8 heteroatoms. The number of hydrogen-bond donors (Lipinski definition) is 2. The summed E-state index contributed by atoms with van der Waals surface area (Å²) in [6.07, 6.45) is 0.215. The van der Waals surface area contributed by atoms with E-state index < -0.39 is 6.09 Å². The van der Waals surface area contributed by atoms with Crippen molar-refractivity contribution in [1.82, 2.24) is 4.90 Å². The average molecular weight is 460 g/mol. The largest absolute Gasteiger partial charge is 0.496 e. The Morgan fingerprint density at radius 2 is 1.85 bits per heavy atom. The smallest absolute Gasteiger partial charge is 0.407 e. The Balaban J connectivity index is 1.43. The van der Waals surface area contributed by atoms with E-state index in [-0.39, 0.29) is 25.2 Å². The summed E-state index contributed by atoms with van der Waals surface area (Å²) in [5, 5.41) is 18.4. The number of para-hydroxylation sites is 1. The topological polar surface area (TPSA) is 97.7 Å². The SMILES string of the molecule is COc1ccccc1CCOCCOc1ccc(C2CCN(C(=O)O)CC2OCCO)cc1. The molecule has 1 saturated heterocycles. The third-order valence-corrected chi connectivity index (χ3v) is 5.77. The molecule has 2 N–H and O–H groups in total. The number of aliphatic hydroxyl groups is 1. The summed E-state index contributed by atoms with van der Waals surface area (Å²) in [4.78, 5) is 12.7. The molecule has 1 aliphatic heterocycles. The highest BCUT2D eigenvalue weighted by Crippen LogP contribution is 2.31. The first-order valence-electron chi connectivity index (χ1n) is 11.2. The van der Waals surface area contributed by atoms with Crippen molar-refractivity contribution >= 4 is 6.09 Å². The minimum absolute atomic E-state index is 0.0690. The Kier molecular flexibility index (Phi) is 9.80. The number of benzene rings is 2. The molecule has 0 saturated carbocycles. The van der Waals surface area contributed by atoms with Crippen molar-refractivity contribution < 1.29 is 34.0 Å². The highest BCUT2D eigenvalue weighted by molar-refractivity contribution is 5.65. The summed E-state index contributed by atoms with van der Waals surface area (Å²) in [5.74, 6) is 1.69. The number of methoxy groups -OCH3 is 1. The third-order valence-electron chi connectivity index (χ3n) is 5.77. The number of amides is 1. The molecule has 2 aromatic carbocycles. The summed E-state index contributed by atoms with van der Waals surface area (Å²) < 4.78 is 22.6. The molecule has 0 aliphatic carbocycles. The predicted octanol–water partition coefficient (Wildman–Crippen LogP) is 3.18. The molecule has 0 spiro atoms. The van der Waals surface area contributed by atoms with Gasteiger partial charge in [0, 0.05) is 12.5 Å². The summed E-state index contributed by atoms with van der Waals surface area (Å²) in [5.41, 5.74) is 2.19. The van der Waals surface area contributed by atoms with Crippen LogP contribution < -0.4 is 9.47 Å². The van der Waals surface area contributed by atoms with E-state index in [4.69, 9.17) is 24.1 Å². The second-order valence-electron chi connectivity index (χ2n) is 7.85. The molecule has 1 aliphatic rings. The molecule has 0 bridgehead atoms. The number of likely N-dealkylation sites (tertiary alicyclic amines) is 1. The zero-order valence-electron chi connectivity index (χ0n) is 19.0. The molecule has 2 atom stereocenters. The molecule has 3 rings (SSSR count). The quantitative estimate of drug-likeness (QED) is 0.471. The van der Waals surface area contributed by atoms with Gasteiger partial charge in [-0.3, -0.25) is 0 Å². The summed E-state index contributed by atoms with van der Waals surface area (Å²) >= 11 is 0. The van der Waals surface area contributed by atoms with E-state index in [0.29, 0.717) is 39.3 Å². The molecule has 1 heterocycles. The van der Waals surface area contributed by atoms with Gasteiger partial charge >= 0.3 is 6.09 Å². The first-order valence-corrected chi connectivity index (χ1v) is 11.2. The molecule has 2 aromatic rings. The van der Waals surface area contributed by atoms with E-state index in [1.807, 2.05) is 48.5 Å². The summed E-state index contributed by atoms with van der Waals surface area (Å²) in [7, 11) is 1.67. The van der Waals surface area contributed by atoms with Crippen LogP contribution in [0.3, 0.4) is 0 Å². The van der Waals surface area contributed by atoms with Gasteiger partial charge in [-0.05, 0) is 42.2 Å². The zero-order chi connectivity index (χ0) is 23.5. The van der Waals surface area contributed by atoms with E-state index >= 15 is 0 Å². The van der Waals surface area contributed by atoms with Crippen LogP contribution in [-0.4, -0.2) is 80.5 Å². The Labute approximate surface area is 194 Å². The maximum absolute atomic E-state index is 11.3. The minimum atomic E-state index is -0.945. The van der Waals surface area contributed by atoms with Gasteiger partial charge in [0.05, 0.1) is 46.2 Å². The van der Waals surface area contributed by atoms with Gasteiger partial charge in [-0.1, -0.05) is 30.3 Å². The predicted molar refractivity (Wildman–Crippen MR) is 123 cm³/mol. The molecule has 1 fully saturated rings.